The minimum absolute atomic E-state index is 0.0238. The van der Waals surface area contributed by atoms with E-state index in [2.05, 4.69) is 4.98 Å². The van der Waals surface area contributed by atoms with Gasteiger partial charge < -0.3 is 14.6 Å². The van der Waals surface area contributed by atoms with Crippen LogP contribution < -0.4 is 10.5 Å². The summed E-state index contributed by atoms with van der Waals surface area (Å²) in [7, 11) is 0. The van der Waals surface area contributed by atoms with Gasteiger partial charge in [-0.15, -0.1) is 0 Å². The van der Waals surface area contributed by atoms with Crippen molar-refractivity contribution in [2.45, 2.75) is 20.4 Å². The highest BCUT2D eigenvalue weighted by Gasteiger charge is 2.10. The van der Waals surface area contributed by atoms with E-state index in [0.29, 0.717) is 25.5 Å². The molecule has 0 aliphatic heterocycles. The van der Waals surface area contributed by atoms with Gasteiger partial charge in [-0.3, -0.25) is 4.79 Å². The number of hydrogen-bond donors (Lipinski definition) is 1. The molecule has 0 radical (unpaired) electrons. The molecule has 0 spiro atoms. The molecule has 0 amide bonds. The highest BCUT2D eigenvalue weighted by molar-refractivity contribution is 5.35. The second kappa shape index (κ2) is 5.50. The Morgan fingerprint density at radius 3 is 2.80 bits per heavy atom. The summed E-state index contributed by atoms with van der Waals surface area (Å²) in [6.45, 7) is 5.59. The SMILES string of the molecule is CCN(CCO)c1nccn(CC)c1=O. The fourth-order valence-corrected chi connectivity index (χ4v) is 1.44. The number of aliphatic hydroxyl groups excluding tert-OH is 1. The topological polar surface area (TPSA) is 58.4 Å². The highest BCUT2D eigenvalue weighted by atomic mass is 16.3. The van der Waals surface area contributed by atoms with E-state index in [1.807, 2.05) is 13.8 Å². The average molecular weight is 211 g/mol. The monoisotopic (exact) mass is 211 g/mol. The third-order valence-electron chi connectivity index (χ3n) is 2.29. The largest absolute Gasteiger partial charge is 0.395 e. The van der Waals surface area contributed by atoms with Crippen molar-refractivity contribution in [1.29, 1.82) is 0 Å². The van der Waals surface area contributed by atoms with E-state index < -0.39 is 0 Å². The zero-order valence-corrected chi connectivity index (χ0v) is 9.18. The Balaban J connectivity index is 3.07. The van der Waals surface area contributed by atoms with Crippen LogP contribution in [0.15, 0.2) is 17.2 Å². The van der Waals surface area contributed by atoms with Crippen LogP contribution >= 0.6 is 0 Å². The molecule has 5 heteroatoms. The van der Waals surface area contributed by atoms with Crippen molar-refractivity contribution in [3.63, 3.8) is 0 Å². The van der Waals surface area contributed by atoms with Crippen molar-refractivity contribution >= 4 is 5.82 Å². The first-order valence-corrected chi connectivity index (χ1v) is 5.15. The van der Waals surface area contributed by atoms with Crippen molar-refractivity contribution in [3.05, 3.63) is 22.7 Å². The Bertz CT molecular complexity index is 362. The van der Waals surface area contributed by atoms with Crippen LogP contribution in [0.1, 0.15) is 13.8 Å². The van der Waals surface area contributed by atoms with Gasteiger partial charge in [-0.25, -0.2) is 4.98 Å². The Morgan fingerprint density at radius 1 is 1.53 bits per heavy atom. The molecule has 0 atom stereocenters. The van der Waals surface area contributed by atoms with E-state index in [4.69, 9.17) is 5.11 Å². The lowest BCUT2D eigenvalue weighted by molar-refractivity contribution is 0.302. The maximum Gasteiger partial charge on any atom is 0.293 e. The van der Waals surface area contributed by atoms with Gasteiger partial charge in [0.05, 0.1) is 6.61 Å². The van der Waals surface area contributed by atoms with E-state index in [1.165, 1.54) is 0 Å². The molecule has 1 N–H and O–H groups in total. The second-order valence-electron chi connectivity index (χ2n) is 3.15. The van der Waals surface area contributed by atoms with Gasteiger partial charge in [0.15, 0.2) is 5.82 Å². The fraction of sp³-hybridized carbons (Fsp3) is 0.600. The van der Waals surface area contributed by atoms with Crippen LogP contribution in [0.3, 0.4) is 0 Å². The van der Waals surface area contributed by atoms with Crippen LogP contribution in [0, 0.1) is 0 Å². The second-order valence-corrected chi connectivity index (χ2v) is 3.15. The molecule has 0 aliphatic carbocycles. The smallest absolute Gasteiger partial charge is 0.293 e. The van der Waals surface area contributed by atoms with Gasteiger partial charge in [0.2, 0.25) is 0 Å². The zero-order valence-electron chi connectivity index (χ0n) is 9.18. The van der Waals surface area contributed by atoms with Gasteiger partial charge in [0.1, 0.15) is 0 Å². The third kappa shape index (κ3) is 2.56. The lowest BCUT2D eigenvalue weighted by Gasteiger charge is -2.20. The summed E-state index contributed by atoms with van der Waals surface area (Å²) in [6.07, 6.45) is 3.28. The van der Waals surface area contributed by atoms with E-state index in [-0.39, 0.29) is 12.2 Å². The summed E-state index contributed by atoms with van der Waals surface area (Å²) in [4.78, 5) is 17.7. The summed E-state index contributed by atoms with van der Waals surface area (Å²) in [5, 5.41) is 8.87. The van der Waals surface area contributed by atoms with E-state index in [0.717, 1.165) is 0 Å². The molecule has 0 saturated heterocycles. The molecule has 84 valence electrons. The molecule has 1 heterocycles. The number of aryl methyl sites for hydroxylation is 1. The summed E-state index contributed by atoms with van der Waals surface area (Å²) >= 11 is 0. The molecule has 0 bridgehead atoms. The maximum atomic E-state index is 11.9. The minimum atomic E-state index is -0.102. The highest BCUT2D eigenvalue weighted by Crippen LogP contribution is 2.01. The summed E-state index contributed by atoms with van der Waals surface area (Å²) in [5.74, 6) is 0.413. The summed E-state index contributed by atoms with van der Waals surface area (Å²) in [5.41, 5.74) is -0.102. The Hall–Kier alpha value is -1.36. The molecule has 5 nitrogen and oxygen atoms in total. The first-order chi connectivity index (χ1) is 7.24. The maximum absolute atomic E-state index is 11.9. The normalized spacial score (nSPS) is 10.3. The molecule has 0 aromatic carbocycles. The van der Waals surface area contributed by atoms with Gasteiger partial charge in [0, 0.05) is 32.0 Å². The van der Waals surface area contributed by atoms with Crippen LogP contribution in [0.5, 0.6) is 0 Å². The van der Waals surface area contributed by atoms with Gasteiger partial charge in [0.25, 0.3) is 5.56 Å². The molecule has 0 fully saturated rings. The standard InChI is InChI=1S/C10H17N3O2/c1-3-12(7-8-14)9-10(15)13(4-2)6-5-11-9/h5-6,14H,3-4,7-8H2,1-2H3. The number of nitrogens with zero attached hydrogens (tertiary/aromatic N) is 3. The number of hydrogen-bond acceptors (Lipinski definition) is 4. The Labute approximate surface area is 89.0 Å². The molecule has 0 unspecified atom stereocenters. The number of aromatic nitrogens is 2. The van der Waals surface area contributed by atoms with Crippen molar-refractivity contribution in [1.82, 2.24) is 9.55 Å². The van der Waals surface area contributed by atoms with Crippen LogP contribution in [0.2, 0.25) is 0 Å². The average Bonchev–Trinajstić information content (AvgIpc) is 2.27. The number of rotatable bonds is 5. The first-order valence-electron chi connectivity index (χ1n) is 5.15. The van der Waals surface area contributed by atoms with Gasteiger partial charge in [-0.05, 0) is 13.8 Å². The molecular weight excluding hydrogens is 194 g/mol. The summed E-state index contributed by atoms with van der Waals surface area (Å²) < 4.78 is 1.60. The predicted octanol–water partition coefficient (Wildman–Crippen LogP) is 0.0818. The molecule has 1 rings (SSSR count). The van der Waals surface area contributed by atoms with E-state index >= 15 is 0 Å². The minimum Gasteiger partial charge on any atom is -0.395 e. The Morgan fingerprint density at radius 2 is 2.27 bits per heavy atom. The van der Waals surface area contributed by atoms with Crippen molar-refractivity contribution < 1.29 is 5.11 Å². The molecule has 0 saturated carbocycles. The molecule has 1 aromatic rings. The predicted molar refractivity (Wildman–Crippen MR) is 59.1 cm³/mol. The van der Waals surface area contributed by atoms with Crippen LogP contribution in [-0.2, 0) is 6.54 Å². The first kappa shape index (κ1) is 11.7. The van der Waals surface area contributed by atoms with E-state index in [1.54, 1.807) is 21.9 Å². The lowest BCUT2D eigenvalue weighted by Crippen LogP contribution is -2.34. The zero-order chi connectivity index (χ0) is 11.3. The number of likely N-dealkylation sites (N-methyl/N-ethyl adjacent to an activating group) is 1. The van der Waals surface area contributed by atoms with Crippen molar-refractivity contribution in [3.8, 4) is 0 Å². The van der Waals surface area contributed by atoms with Gasteiger partial charge >= 0.3 is 0 Å². The Kier molecular flexibility index (Phi) is 4.30. The molecule has 1 aromatic heterocycles. The van der Waals surface area contributed by atoms with Crippen LogP contribution in [0.25, 0.3) is 0 Å². The number of aliphatic hydroxyl groups is 1. The number of anilines is 1. The van der Waals surface area contributed by atoms with Crippen LogP contribution in [-0.4, -0.2) is 34.4 Å². The molecular formula is C10H17N3O2. The van der Waals surface area contributed by atoms with Gasteiger partial charge in [-0.2, -0.15) is 0 Å². The van der Waals surface area contributed by atoms with E-state index in [9.17, 15) is 4.79 Å². The van der Waals surface area contributed by atoms with Crippen molar-refractivity contribution in [2.24, 2.45) is 0 Å². The third-order valence-corrected chi connectivity index (χ3v) is 2.29. The quantitative estimate of drug-likeness (QED) is 0.749. The fourth-order valence-electron chi connectivity index (χ4n) is 1.44. The molecule has 0 aliphatic rings. The summed E-state index contributed by atoms with van der Waals surface area (Å²) in [6, 6.07) is 0. The van der Waals surface area contributed by atoms with Crippen molar-refractivity contribution in [2.75, 3.05) is 24.6 Å². The van der Waals surface area contributed by atoms with Gasteiger partial charge in [-0.1, -0.05) is 0 Å². The lowest BCUT2D eigenvalue weighted by atomic mass is 10.4. The molecule has 15 heavy (non-hydrogen) atoms. The van der Waals surface area contributed by atoms with Crippen LogP contribution in [0.4, 0.5) is 5.82 Å².